The summed E-state index contributed by atoms with van der Waals surface area (Å²) in [7, 11) is 1.63. The molecule has 0 radical (unpaired) electrons. The zero-order valence-electron chi connectivity index (χ0n) is 20.1. The summed E-state index contributed by atoms with van der Waals surface area (Å²) in [4.78, 5) is 50.0. The number of nitrogens with zero attached hydrogens (tertiary/aromatic N) is 3. The van der Waals surface area contributed by atoms with Crippen LogP contribution >= 0.6 is 0 Å². The van der Waals surface area contributed by atoms with E-state index < -0.39 is 0 Å². The van der Waals surface area contributed by atoms with E-state index in [2.05, 4.69) is 14.9 Å². The second-order valence-corrected chi connectivity index (χ2v) is 9.45. The molecule has 1 N–H and O–H groups in total. The molecule has 3 aromatic rings. The Morgan fingerprint density at radius 2 is 1.86 bits per heavy atom. The molecule has 1 aromatic heterocycles. The van der Waals surface area contributed by atoms with Crippen molar-refractivity contribution in [3.05, 3.63) is 69.6 Å². The van der Waals surface area contributed by atoms with Crippen LogP contribution in [0, 0.1) is 12.8 Å². The fraction of sp³-hybridized carbons (Fsp3) is 0.407. The topological polar surface area (TPSA) is 95.6 Å². The number of aryl methyl sites for hydroxylation is 1. The Kier molecular flexibility index (Phi) is 6.38. The van der Waals surface area contributed by atoms with E-state index in [-0.39, 0.29) is 29.1 Å². The lowest BCUT2D eigenvalue weighted by Crippen LogP contribution is -2.46. The maximum atomic E-state index is 13.2. The first-order valence-electron chi connectivity index (χ1n) is 12.1. The van der Waals surface area contributed by atoms with Crippen molar-refractivity contribution < 1.29 is 14.3 Å². The number of carbonyl (C=O) groups excluding carboxylic acids is 2. The van der Waals surface area contributed by atoms with Crippen LogP contribution in [0.25, 0.3) is 11.0 Å². The van der Waals surface area contributed by atoms with Crippen molar-refractivity contribution in [2.24, 2.45) is 5.92 Å². The number of ether oxygens (including phenoxy) is 1. The highest BCUT2D eigenvalue weighted by molar-refractivity contribution is 5.98. The molecule has 1 unspecified atom stereocenters. The molecule has 2 aliphatic heterocycles. The van der Waals surface area contributed by atoms with E-state index in [1.807, 2.05) is 36.1 Å². The quantitative estimate of drug-likeness (QED) is 0.552. The zero-order chi connectivity index (χ0) is 24.5. The molecule has 0 spiro atoms. The number of aromatic nitrogens is 2. The molecule has 8 nitrogen and oxygen atoms in total. The standard InChI is InChI=1S/C27H30N4O4/c1-17-15-19(7-8-23(17)35-2)26(33)18-9-12-30(13-10-18)21-11-14-31(27(21)34)16-24-28-20-5-3-4-6-22(32)25(20)29-24/h3-8,15,18,21H,9-14,16H2,1-2H3,(H,28,29). The minimum Gasteiger partial charge on any atom is -0.496 e. The SMILES string of the molecule is COc1ccc(C(=O)C2CCN(C3CCN(Cc4nc5c(=O)ccccc5[nH]4)C3=O)CC2)cc1C. The monoisotopic (exact) mass is 474 g/mol. The van der Waals surface area contributed by atoms with Crippen LogP contribution in [0.3, 0.4) is 0 Å². The molecule has 2 aromatic carbocycles. The number of aromatic amines is 1. The molecular formula is C27H30N4O4. The number of H-pyrrole nitrogens is 1. The van der Waals surface area contributed by atoms with E-state index in [9.17, 15) is 14.4 Å². The van der Waals surface area contributed by atoms with Crippen molar-refractivity contribution >= 4 is 22.7 Å². The number of methoxy groups -OCH3 is 1. The van der Waals surface area contributed by atoms with Gasteiger partial charge < -0.3 is 14.6 Å². The Morgan fingerprint density at radius 1 is 1.09 bits per heavy atom. The summed E-state index contributed by atoms with van der Waals surface area (Å²) in [5.41, 5.74) is 2.62. The van der Waals surface area contributed by atoms with Gasteiger partial charge in [0.1, 0.15) is 17.1 Å². The first-order chi connectivity index (χ1) is 16.9. The third-order valence-electron chi connectivity index (χ3n) is 7.27. The Balaban J connectivity index is 1.19. The molecule has 182 valence electrons. The van der Waals surface area contributed by atoms with Gasteiger partial charge in [-0.1, -0.05) is 12.1 Å². The van der Waals surface area contributed by atoms with Gasteiger partial charge in [-0.15, -0.1) is 0 Å². The van der Waals surface area contributed by atoms with Gasteiger partial charge in [0.15, 0.2) is 5.78 Å². The first kappa shape index (κ1) is 23.2. The van der Waals surface area contributed by atoms with Crippen molar-refractivity contribution in [3.8, 4) is 5.75 Å². The molecule has 0 aliphatic carbocycles. The fourth-order valence-corrected chi connectivity index (χ4v) is 5.33. The molecular weight excluding hydrogens is 444 g/mol. The minimum absolute atomic E-state index is 0.0233. The number of ketones is 1. The van der Waals surface area contributed by atoms with E-state index in [1.54, 1.807) is 19.2 Å². The van der Waals surface area contributed by atoms with E-state index >= 15 is 0 Å². The maximum absolute atomic E-state index is 13.2. The second kappa shape index (κ2) is 9.62. The van der Waals surface area contributed by atoms with Gasteiger partial charge in [-0.2, -0.15) is 0 Å². The lowest BCUT2D eigenvalue weighted by Gasteiger charge is -2.34. The number of hydrogen-bond donors (Lipinski definition) is 1. The molecule has 1 amide bonds. The average molecular weight is 475 g/mol. The van der Waals surface area contributed by atoms with Gasteiger partial charge in [0.2, 0.25) is 11.3 Å². The molecule has 5 rings (SSSR count). The highest BCUT2D eigenvalue weighted by Gasteiger charge is 2.38. The van der Waals surface area contributed by atoms with Crippen molar-refractivity contribution in [1.29, 1.82) is 0 Å². The Hall–Kier alpha value is -3.52. The largest absolute Gasteiger partial charge is 0.496 e. The van der Waals surface area contributed by atoms with Gasteiger partial charge in [0.05, 0.1) is 25.2 Å². The van der Waals surface area contributed by atoms with Gasteiger partial charge in [-0.3, -0.25) is 19.3 Å². The minimum atomic E-state index is -0.161. The number of nitrogens with one attached hydrogen (secondary N) is 1. The summed E-state index contributed by atoms with van der Waals surface area (Å²) in [6, 6.07) is 12.2. The number of carbonyl (C=O) groups is 2. The van der Waals surface area contributed by atoms with E-state index in [4.69, 9.17) is 4.74 Å². The van der Waals surface area contributed by atoms with E-state index in [0.29, 0.717) is 29.9 Å². The third-order valence-corrected chi connectivity index (χ3v) is 7.27. The number of fused-ring (bicyclic) bond motifs is 1. The van der Waals surface area contributed by atoms with Crippen LogP contribution in [0.1, 0.15) is 41.0 Å². The number of Topliss-reactive ketones (excluding diaryl/α,β-unsaturated/α-hetero) is 1. The normalized spacial score (nSPS) is 19.4. The summed E-state index contributed by atoms with van der Waals surface area (Å²) in [5.74, 6) is 1.65. The summed E-state index contributed by atoms with van der Waals surface area (Å²) in [6.45, 7) is 4.43. The smallest absolute Gasteiger partial charge is 0.240 e. The highest BCUT2D eigenvalue weighted by atomic mass is 16.5. The predicted molar refractivity (Wildman–Crippen MR) is 133 cm³/mol. The van der Waals surface area contributed by atoms with Crippen LogP contribution in [0.2, 0.25) is 0 Å². The van der Waals surface area contributed by atoms with Crippen molar-refractivity contribution in [2.75, 3.05) is 26.7 Å². The van der Waals surface area contributed by atoms with Crippen LogP contribution in [0.15, 0.2) is 47.3 Å². The van der Waals surface area contributed by atoms with Gasteiger partial charge in [0.25, 0.3) is 0 Å². The predicted octanol–water partition coefficient (Wildman–Crippen LogP) is 2.94. The number of likely N-dealkylation sites (tertiary alicyclic amines) is 2. The summed E-state index contributed by atoms with van der Waals surface area (Å²) >= 11 is 0. The Bertz CT molecular complexity index is 1330. The van der Waals surface area contributed by atoms with Crippen LogP contribution < -0.4 is 10.2 Å². The van der Waals surface area contributed by atoms with Crippen LogP contribution in [0.5, 0.6) is 5.75 Å². The number of imidazole rings is 1. The fourth-order valence-electron chi connectivity index (χ4n) is 5.33. The number of amides is 1. The molecule has 2 aliphatic rings. The van der Waals surface area contributed by atoms with Gasteiger partial charge in [-0.05, 0) is 75.2 Å². The van der Waals surface area contributed by atoms with Crippen molar-refractivity contribution in [2.45, 2.75) is 38.8 Å². The first-order valence-corrected chi connectivity index (χ1v) is 12.1. The summed E-state index contributed by atoms with van der Waals surface area (Å²) < 4.78 is 5.30. The lowest BCUT2D eigenvalue weighted by molar-refractivity contribution is -0.133. The van der Waals surface area contributed by atoms with Gasteiger partial charge >= 0.3 is 0 Å². The highest BCUT2D eigenvalue weighted by Crippen LogP contribution is 2.28. The van der Waals surface area contributed by atoms with E-state index in [1.165, 1.54) is 6.07 Å². The Labute approximate surface area is 203 Å². The van der Waals surface area contributed by atoms with Crippen molar-refractivity contribution in [1.82, 2.24) is 19.8 Å². The second-order valence-electron chi connectivity index (χ2n) is 9.45. The zero-order valence-corrected chi connectivity index (χ0v) is 20.1. The number of piperidine rings is 1. The number of rotatable bonds is 6. The number of hydrogen-bond acceptors (Lipinski definition) is 6. The Morgan fingerprint density at radius 3 is 2.60 bits per heavy atom. The molecule has 1 atom stereocenters. The lowest BCUT2D eigenvalue weighted by atomic mass is 9.87. The molecule has 3 heterocycles. The number of benzene rings is 1. The molecule has 0 saturated carbocycles. The average Bonchev–Trinajstić information content (AvgIpc) is 3.39. The molecule has 0 bridgehead atoms. The van der Waals surface area contributed by atoms with Crippen LogP contribution in [0.4, 0.5) is 0 Å². The molecule has 2 fully saturated rings. The van der Waals surface area contributed by atoms with Crippen LogP contribution in [-0.4, -0.2) is 64.2 Å². The van der Waals surface area contributed by atoms with Crippen molar-refractivity contribution in [3.63, 3.8) is 0 Å². The van der Waals surface area contributed by atoms with E-state index in [0.717, 1.165) is 49.2 Å². The summed E-state index contributed by atoms with van der Waals surface area (Å²) in [6.07, 6.45) is 2.26. The molecule has 2 saturated heterocycles. The molecule has 8 heteroatoms. The third kappa shape index (κ3) is 4.58. The molecule has 35 heavy (non-hydrogen) atoms. The van der Waals surface area contributed by atoms with Gasteiger partial charge in [0, 0.05) is 18.0 Å². The van der Waals surface area contributed by atoms with Gasteiger partial charge in [-0.25, -0.2) is 4.98 Å². The summed E-state index contributed by atoms with van der Waals surface area (Å²) in [5, 5.41) is 0. The van der Waals surface area contributed by atoms with Crippen LogP contribution in [-0.2, 0) is 11.3 Å². The maximum Gasteiger partial charge on any atom is 0.240 e.